The number of halogens is 1. The van der Waals surface area contributed by atoms with E-state index in [1.165, 1.54) is 25.7 Å². The largest absolute Gasteiger partial charge is 0.493 e. The first-order valence-electron chi connectivity index (χ1n) is 6.01. The molecule has 0 aliphatic carbocycles. The average molecular weight is 256 g/mol. The number of pyridine rings is 1. The summed E-state index contributed by atoms with van der Waals surface area (Å²) in [6.45, 7) is 2.15. The van der Waals surface area contributed by atoms with Gasteiger partial charge in [0.15, 0.2) is 10.9 Å². The zero-order valence-electron chi connectivity index (χ0n) is 10.1. The van der Waals surface area contributed by atoms with Crippen molar-refractivity contribution in [3.63, 3.8) is 0 Å². The standard InChI is InChI=1S/C12H18ClN3O/c1-17-11-8-10(9-14-12(11)13)15-16-6-4-2-3-5-7-16/h8-9,15H,2-7H2,1H3. The quantitative estimate of drug-likeness (QED) is 0.843. The van der Waals surface area contributed by atoms with Gasteiger partial charge < -0.3 is 10.2 Å². The van der Waals surface area contributed by atoms with Gasteiger partial charge in [0.05, 0.1) is 19.0 Å². The summed E-state index contributed by atoms with van der Waals surface area (Å²) >= 11 is 5.89. The number of hydrogen-bond donors (Lipinski definition) is 1. The van der Waals surface area contributed by atoms with Gasteiger partial charge in [0, 0.05) is 19.2 Å². The van der Waals surface area contributed by atoms with E-state index in [4.69, 9.17) is 16.3 Å². The summed E-state index contributed by atoms with van der Waals surface area (Å²) in [7, 11) is 1.60. The first-order valence-corrected chi connectivity index (χ1v) is 6.38. The monoisotopic (exact) mass is 255 g/mol. The van der Waals surface area contributed by atoms with Crippen LogP contribution in [0.5, 0.6) is 5.75 Å². The SMILES string of the molecule is COc1cc(NN2CCCCCC2)cnc1Cl. The summed E-state index contributed by atoms with van der Waals surface area (Å²) in [5, 5.41) is 2.63. The lowest BCUT2D eigenvalue weighted by molar-refractivity contribution is 0.343. The van der Waals surface area contributed by atoms with E-state index in [-0.39, 0.29) is 0 Å². The van der Waals surface area contributed by atoms with Crippen LogP contribution >= 0.6 is 11.6 Å². The molecule has 1 N–H and O–H groups in total. The molecule has 1 saturated heterocycles. The Morgan fingerprint density at radius 1 is 1.29 bits per heavy atom. The van der Waals surface area contributed by atoms with Gasteiger partial charge in [0.1, 0.15) is 0 Å². The highest BCUT2D eigenvalue weighted by Crippen LogP contribution is 2.25. The highest BCUT2D eigenvalue weighted by molar-refractivity contribution is 6.30. The molecule has 0 bridgehead atoms. The predicted molar refractivity (Wildman–Crippen MR) is 69.5 cm³/mol. The molecule has 0 unspecified atom stereocenters. The number of aromatic nitrogens is 1. The molecular formula is C12H18ClN3O. The van der Waals surface area contributed by atoms with E-state index in [0.717, 1.165) is 18.8 Å². The van der Waals surface area contributed by atoms with Crippen LogP contribution in [0.2, 0.25) is 5.15 Å². The van der Waals surface area contributed by atoms with E-state index in [1.807, 2.05) is 6.07 Å². The summed E-state index contributed by atoms with van der Waals surface area (Å²) in [5.74, 6) is 0.603. The first kappa shape index (κ1) is 12.5. The van der Waals surface area contributed by atoms with Crippen LogP contribution in [-0.4, -0.2) is 30.2 Å². The summed E-state index contributed by atoms with van der Waals surface area (Å²) in [5.41, 5.74) is 4.28. The lowest BCUT2D eigenvalue weighted by Gasteiger charge is -2.22. The van der Waals surface area contributed by atoms with Gasteiger partial charge in [-0.15, -0.1) is 0 Å². The fraction of sp³-hybridized carbons (Fsp3) is 0.583. The summed E-state index contributed by atoms with van der Waals surface area (Å²) in [6.07, 6.45) is 6.85. The van der Waals surface area contributed by atoms with E-state index < -0.39 is 0 Å². The van der Waals surface area contributed by atoms with Crippen LogP contribution in [0.4, 0.5) is 5.69 Å². The Kier molecular flexibility index (Phi) is 4.45. The van der Waals surface area contributed by atoms with Crippen molar-refractivity contribution in [3.8, 4) is 5.75 Å². The minimum Gasteiger partial charge on any atom is -0.493 e. The third-order valence-corrected chi connectivity index (χ3v) is 3.20. The number of hydrogen-bond acceptors (Lipinski definition) is 4. The molecule has 0 saturated carbocycles. The Hall–Kier alpha value is -1.00. The van der Waals surface area contributed by atoms with Crippen molar-refractivity contribution >= 4 is 17.3 Å². The van der Waals surface area contributed by atoms with Crippen molar-refractivity contribution in [2.75, 3.05) is 25.6 Å². The number of ether oxygens (including phenoxy) is 1. The molecule has 0 aromatic carbocycles. The first-order chi connectivity index (χ1) is 8.29. The molecular weight excluding hydrogens is 238 g/mol. The average Bonchev–Trinajstić information content (AvgIpc) is 2.60. The Labute approximate surface area is 107 Å². The van der Waals surface area contributed by atoms with E-state index in [0.29, 0.717) is 10.9 Å². The summed E-state index contributed by atoms with van der Waals surface area (Å²) < 4.78 is 5.15. The number of hydrazine groups is 1. The van der Waals surface area contributed by atoms with Gasteiger partial charge in [-0.25, -0.2) is 9.99 Å². The van der Waals surface area contributed by atoms with E-state index >= 15 is 0 Å². The van der Waals surface area contributed by atoms with Crippen LogP contribution in [0.15, 0.2) is 12.3 Å². The maximum absolute atomic E-state index is 5.89. The van der Waals surface area contributed by atoms with Crippen molar-refractivity contribution in [2.24, 2.45) is 0 Å². The predicted octanol–water partition coefficient (Wildman–Crippen LogP) is 2.95. The van der Waals surface area contributed by atoms with Crippen molar-refractivity contribution in [2.45, 2.75) is 25.7 Å². The van der Waals surface area contributed by atoms with Crippen LogP contribution in [0.1, 0.15) is 25.7 Å². The van der Waals surface area contributed by atoms with Crippen LogP contribution in [0.3, 0.4) is 0 Å². The second-order valence-corrected chi connectivity index (χ2v) is 4.59. The van der Waals surface area contributed by atoms with Crippen LogP contribution in [-0.2, 0) is 0 Å². The zero-order valence-corrected chi connectivity index (χ0v) is 10.8. The number of anilines is 1. The van der Waals surface area contributed by atoms with Crippen LogP contribution < -0.4 is 10.2 Å². The molecule has 17 heavy (non-hydrogen) atoms. The van der Waals surface area contributed by atoms with Gasteiger partial charge in [-0.2, -0.15) is 0 Å². The molecule has 4 nitrogen and oxygen atoms in total. The highest BCUT2D eigenvalue weighted by atomic mass is 35.5. The van der Waals surface area contributed by atoms with Crippen LogP contribution in [0.25, 0.3) is 0 Å². The molecule has 1 fully saturated rings. The van der Waals surface area contributed by atoms with Crippen molar-refractivity contribution in [1.29, 1.82) is 0 Å². The minimum atomic E-state index is 0.397. The third-order valence-electron chi connectivity index (χ3n) is 2.92. The van der Waals surface area contributed by atoms with Crippen molar-refractivity contribution in [3.05, 3.63) is 17.4 Å². The second kappa shape index (κ2) is 6.07. The van der Waals surface area contributed by atoms with Gasteiger partial charge in [-0.05, 0) is 12.8 Å². The molecule has 1 aromatic heterocycles. The molecule has 1 aliphatic rings. The Balaban J connectivity index is 2.01. The van der Waals surface area contributed by atoms with Crippen molar-refractivity contribution in [1.82, 2.24) is 9.99 Å². The second-order valence-electron chi connectivity index (χ2n) is 4.23. The molecule has 94 valence electrons. The Bertz CT molecular complexity index is 365. The van der Waals surface area contributed by atoms with Gasteiger partial charge in [-0.3, -0.25) is 0 Å². The lowest BCUT2D eigenvalue weighted by atomic mass is 10.2. The summed E-state index contributed by atoms with van der Waals surface area (Å²) in [6, 6.07) is 1.88. The molecule has 0 radical (unpaired) electrons. The number of nitrogens with one attached hydrogen (secondary N) is 1. The maximum Gasteiger partial charge on any atom is 0.171 e. The third kappa shape index (κ3) is 3.48. The fourth-order valence-electron chi connectivity index (χ4n) is 2.00. The fourth-order valence-corrected chi connectivity index (χ4v) is 2.18. The Morgan fingerprint density at radius 3 is 2.65 bits per heavy atom. The van der Waals surface area contributed by atoms with E-state index in [2.05, 4.69) is 15.4 Å². The van der Waals surface area contributed by atoms with Crippen molar-refractivity contribution < 1.29 is 4.74 Å². The topological polar surface area (TPSA) is 37.4 Å². The van der Waals surface area contributed by atoms with Gasteiger partial charge >= 0.3 is 0 Å². The normalized spacial score (nSPS) is 17.5. The molecule has 1 aliphatic heterocycles. The summed E-state index contributed by atoms with van der Waals surface area (Å²) in [4.78, 5) is 4.09. The number of methoxy groups -OCH3 is 1. The van der Waals surface area contributed by atoms with Gasteiger partial charge in [0.25, 0.3) is 0 Å². The number of nitrogens with zero attached hydrogens (tertiary/aromatic N) is 2. The zero-order chi connectivity index (χ0) is 12.1. The van der Waals surface area contributed by atoms with Crippen LogP contribution in [0, 0.1) is 0 Å². The minimum absolute atomic E-state index is 0.397. The molecule has 2 heterocycles. The molecule has 0 amide bonds. The molecule has 5 heteroatoms. The van der Waals surface area contributed by atoms with Gasteiger partial charge in [0.2, 0.25) is 0 Å². The van der Waals surface area contributed by atoms with E-state index in [1.54, 1.807) is 13.3 Å². The maximum atomic E-state index is 5.89. The smallest absolute Gasteiger partial charge is 0.171 e. The lowest BCUT2D eigenvalue weighted by Crippen LogP contribution is -2.30. The molecule has 0 atom stereocenters. The van der Waals surface area contributed by atoms with E-state index in [9.17, 15) is 0 Å². The highest BCUT2D eigenvalue weighted by Gasteiger charge is 2.10. The molecule has 1 aromatic rings. The molecule has 2 rings (SSSR count). The Morgan fingerprint density at radius 2 is 2.00 bits per heavy atom. The molecule has 0 spiro atoms. The van der Waals surface area contributed by atoms with Gasteiger partial charge in [-0.1, -0.05) is 24.4 Å². The number of rotatable bonds is 3.